The van der Waals surface area contributed by atoms with Gasteiger partial charge in [0.2, 0.25) is 5.91 Å². The van der Waals surface area contributed by atoms with Crippen LogP contribution >= 0.6 is 23.1 Å². The summed E-state index contributed by atoms with van der Waals surface area (Å²) in [5.41, 5.74) is 2.82. The first-order chi connectivity index (χ1) is 16.0. The summed E-state index contributed by atoms with van der Waals surface area (Å²) < 4.78 is 7.92. The van der Waals surface area contributed by atoms with Crippen molar-refractivity contribution in [2.45, 2.75) is 57.2 Å². The summed E-state index contributed by atoms with van der Waals surface area (Å²) in [6.45, 7) is 3.93. The fourth-order valence-electron chi connectivity index (χ4n) is 3.98. The van der Waals surface area contributed by atoms with Gasteiger partial charge in [-0.1, -0.05) is 36.4 Å². The minimum absolute atomic E-state index is 0.151. The van der Waals surface area contributed by atoms with Crippen molar-refractivity contribution < 1.29 is 9.53 Å². The van der Waals surface area contributed by atoms with Crippen LogP contribution in [0.2, 0.25) is 0 Å². The summed E-state index contributed by atoms with van der Waals surface area (Å²) in [5.74, 6) is 1.53. The van der Waals surface area contributed by atoms with E-state index in [2.05, 4.69) is 21.6 Å². The molecule has 3 aromatic rings. The van der Waals surface area contributed by atoms with Crippen LogP contribution in [0.4, 0.5) is 5.00 Å². The summed E-state index contributed by atoms with van der Waals surface area (Å²) in [6.07, 6.45) is 5.06. The number of amides is 1. The fourth-order valence-corrected chi connectivity index (χ4v) is 5.95. The Bertz CT molecular complexity index is 1190. The van der Waals surface area contributed by atoms with Gasteiger partial charge in [-0.2, -0.15) is 5.26 Å². The van der Waals surface area contributed by atoms with E-state index in [0.29, 0.717) is 21.5 Å². The van der Waals surface area contributed by atoms with Gasteiger partial charge in [0.25, 0.3) is 0 Å². The molecule has 7 nitrogen and oxygen atoms in total. The molecule has 0 aliphatic heterocycles. The van der Waals surface area contributed by atoms with Crippen LogP contribution < -0.4 is 10.1 Å². The molecule has 1 N–H and O–H groups in total. The molecule has 2 heterocycles. The summed E-state index contributed by atoms with van der Waals surface area (Å²) in [6, 6.07) is 10.2. The number of hydrogen-bond acceptors (Lipinski definition) is 7. The fraction of sp³-hybridized carbons (Fsp3) is 0.417. The Morgan fingerprint density at radius 2 is 2.09 bits per heavy atom. The van der Waals surface area contributed by atoms with Gasteiger partial charge in [-0.05, 0) is 56.7 Å². The largest absolute Gasteiger partial charge is 0.482 e. The normalized spacial score (nSPS) is 14.1. The molecule has 1 aromatic carbocycles. The summed E-state index contributed by atoms with van der Waals surface area (Å²) in [5, 5.41) is 22.4. The lowest BCUT2D eigenvalue weighted by Crippen LogP contribution is -2.15. The predicted molar refractivity (Wildman–Crippen MR) is 131 cm³/mol. The van der Waals surface area contributed by atoms with Crippen molar-refractivity contribution in [1.82, 2.24) is 14.8 Å². The molecule has 172 valence electrons. The molecule has 0 radical (unpaired) electrons. The number of aryl methyl sites for hydroxylation is 2. The van der Waals surface area contributed by atoms with E-state index in [4.69, 9.17) is 4.74 Å². The molecule has 9 heteroatoms. The average Bonchev–Trinajstić information content (AvgIpc) is 3.23. The molecule has 0 saturated heterocycles. The zero-order valence-electron chi connectivity index (χ0n) is 19.1. The maximum atomic E-state index is 12.6. The maximum absolute atomic E-state index is 12.6. The molecular weight excluding hydrogens is 454 g/mol. The predicted octanol–water partition coefficient (Wildman–Crippen LogP) is 5.20. The molecule has 2 aromatic heterocycles. The molecule has 33 heavy (non-hydrogen) atoms. The number of rotatable bonds is 7. The van der Waals surface area contributed by atoms with Gasteiger partial charge >= 0.3 is 0 Å². The van der Waals surface area contributed by atoms with Crippen LogP contribution in [0, 0.1) is 18.3 Å². The molecule has 1 unspecified atom stereocenters. The minimum atomic E-state index is -0.286. The Morgan fingerprint density at radius 1 is 1.30 bits per heavy atom. The average molecular weight is 482 g/mol. The van der Waals surface area contributed by atoms with Crippen LogP contribution in [-0.4, -0.2) is 26.4 Å². The zero-order chi connectivity index (χ0) is 23.4. The lowest BCUT2D eigenvalue weighted by Gasteiger charge is -2.15. The number of ether oxygens (including phenoxy) is 1. The van der Waals surface area contributed by atoms with Gasteiger partial charge in [0.15, 0.2) is 17.1 Å². The highest BCUT2D eigenvalue weighted by atomic mass is 32.2. The Hall–Kier alpha value is -2.83. The van der Waals surface area contributed by atoms with Crippen LogP contribution in [0.5, 0.6) is 5.75 Å². The van der Waals surface area contributed by atoms with E-state index in [9.17, 15) is 10.1 Å². The first-order valence-corrected chi connectivity index (χ1v) is 12.9. The van der Waals surface area contributed by atoms with Gasteiger partial charge in [0.1, 0.15) is 16.8 Å². The number of thiophene rings is 1. The van der Waals surface area contributed by atoms with Crippen molar-refractivity contribution in [3.05, 3.63) is 51.7 Å². The van der Waals surface area contributed by atoms with Gasteiger partial charge in [0.05, 0.1) is 11.3 Å². The van der Waals surface area contributed by atoms with Crippen LogP contribution in [0.1, 0.15) is 59.7 Å². The zero-order valence-corrected chi connectivity index (χ0v) is 20.7. The molecule has 0 fully saturated rings. The topological polar surface area (TPSA) is 92.8 Å². The second-order valence-corrected chi connectivity index (χ2v) is 10.2. The second kappa shape index (κ2) is 10.4. The van der Waals surface area contributed by atoms with Crippen molar-refractivity contribution in [3.8, 4) is 11.8 Å². The molecule has 1 aliphatic rings. The number of nitrogens with zero attached hydrogens (tertiary/aromatic N) is 4. The molecule has 1 amide bonds. The van der Waals surface area contributed by atoms with Crippen LogP contribution in [-0.2, 0) is 24.7 Å². The number of aromatic nitrogens is 3. The summed E-state index contributed by atoms with van der Waals surface area (Å²) >= 11 is 2.87. The Balaban J connectivity index is 1.38. The van der Waals surface area contributed by atoms with Crippen LogP contribution in [0.3, 0.4) is 0 Å². The van der Waals surface area contributed by atoms with Gasteiger partial charge in [-0.3, -0.25) is 4.79 Å². The Morgan fingerprint density at radius 3 is 2.88 bits per heavy atom. The van der Waals surface area contributed by atoms with Crippen molar-refractivity contribution >= 4 is 34.0 Å². The highest BCUT2D eigenvalue weighted by Gasteiger charge is 2.22. The Kier molecular flexibility index (Phi) is 7.36. The molecular formula is C24H27N5O2S2. The van der Waals surface area contributed by atoms with E-state index in [1.165, 1.54) is 23.1 Å². The standard InChI is InChI=1S/C24H27N5O2S2/c1-15-9-7-8-11-19(15)31-16(2)22-27-28-24(29(22)3)32-14-21(30)26-23-18(13-25)17-10-5-4-6-12-20(17)33-23/h7-9,11,16H,4-6,10,12,14H2,1-3H3,(H,26,30). The number of carbonyl (C=O) groups excluding carboxylic acids is 1. The number of anilines is 1. The molecule has 0 bridgehead atoms. The monoisotopic (exact) mass is 481 g/mol. The number of thioether (sulfide) groups is 1. The van der Waals surface area contributed by atoms with Gasteiger partial charge in [0, 0.05) is 11.9 Å². The highest BCUT2D eigenvalue weighted by Crippen LogP contribution is 2.37. The third kappa shape index (κ3) is 5.23. The molecule has 4 rings (SSSR count). The first-order valence-electron chi connectivity index (χ1n) is 11.1. The van der Waals surface area contributed by atoms with Crippen LogP contribution in [0.25, 0.3) is 0 Å². The third-order valence-electron chi connectivity index (χ3n) is 5.75. The van der Waals surface area contributed by atoms with Crippen molar-refractivity contribution in [1.29, 1.82) is 5.26 Å². The van der Waals surface area contributed by atoms with E-state index in [-0.39, 0.29) is 17.8 Å². The van der Waals surface area contributed by atoms with Gasteiger partial charge in [-0.25, -0.2) is 0 Å². The SMILES string of the molecule is Cc1ccccc1OC(C)c1nnc(SCC(=O)Nc2sc3c(c2C#N)CCCCC3)n1C. The number of fused-ring (bicyclic) bond motifs is 1. The smallest absolute Gasteiger partial charge is 0.235 e. The molecule has 0 saturated carbocycles. The maximum Gasteiger partial charge on any atom is 0.235 e. The van der Waals surface area contributed by atoms with E-state index >= 15 is 0 Å². The molecule has 1 aliphatic carbocycles. The lowest BCUT2D eigenvalue weighted by atomic mass is 10.1. The number of benzene rings is 1. The number of carbonyl (C=O) groups is 1. The van der Waals surface area contributed by atoms with Gasteiger partial charge in [-0.15, -0.1) is 21.5 Å². The number of nitriles is 1. The van der Waals surface area contributed by atoms with Crippen molar-refractivity contribution in [2.24, 2.45) is 7.05 Å². The number of hydrogen-bond donors (Lipinski definition) is 1. The first kappa shape index (κ1) is 23.3. The van der Waals surface area contributed by atoms with Crippen molar-refractivity contribution in [3.63, 3.8) is 0 Å². The minimum Gasteiger partial charge on any atom is -0.482 e. The van der Waals surface area contributed by atoms with E-state index in [0.717, 1.165) is 42.6 Å². The van der Waals surface area contributed by atoms with E-state index in [1.807, 2.05) is 49.7 Å². The second-order valence-electron chi connectivity index (χ2n) is 8.14. The van der Waals surface area contributed by atoms with Crippen molar-refractivity contribution in [2.75, 3.05) is 11.1 Å². The number of nitrogens with one attached hydrogen (secondary N) is 1. The quantitative estimate of drug-likeness (QED) is 0.368. The molecule has 0 spiro atoms. The summed E-state index contributed by atoms with van der Waals surface area (Å²) in [4.78, 5) is 13.9. The number of para-hydroxylation sites is 1. The lowest BCUT2D eigenvalue weighted by molar-refractivity contribution is -0.113. The van der Waals surface area contributed by atoms with E-state index in [1.54, 1.807) is 11.3 Å². The van der Waals surface area contributed by atoms with Crippen LogP contribution in [0.15, 0.2) is 29.4 Å². The molecule has 1 atom stereocenters. The summed E-state index contributed by atoms with van der Waals surface area (Å²) in [7, 11) is 1.87. The van der Waals surface area contributed by atoms with E-state index < -0.39 is 0 Å². The van der Waals surface area contributed by atoms with Gasteiger partial charge < -0.3 is 14.6 Å². The third-order valence-corrected chi connectivity index (χ3v) is 7.98. The highest BCUT2D eigenvalue weighted by molar-refractivity contribution is 7.99. The Labute approximate surface area is 202 Å².